The van der Waals surface area contributed by atoms with Gasteiger partial charge in [0.25, 0.3) is 0 Å². The van der Waals surface area contributed by atoms with E-state index in [1.165, 1.54) is 13.3 Å². The summed E-state index contributed by atoms with van der Waals surface area (Å²) in [7, 11) is 1.52. The number of pyridine rings is 2. The van der Waals surface area contributed by atoms with E-state index in [1.54, 1.807) is 12.1 Å². The van der Waals surface area contributed by atoms with Crippen LogP contribution in [0.2, 0.25) is 0 Å². The van der Waals surface area contributed by atoms with Gasteiger partial charge in [-0.15, -0.1) is 0 Å². The Kier molecular flexibility index (Phi) is 7.28. The highest BCUT2D eigenvalue weighted by Crippen LogP contribution is 2.26. The van der Waals surface area contributed by atoms with Gasteiger partial charge in [0.1, 0.15) is 11.4 Å². The van der Waals surface area contributed by atoms with Gasteiger partial charge in [0, 0.05) is 50.7 Å². The third kappa shape index (κ3) is 5.91. The molecule has 0 bridgehead atoms. The topological polar surface area (TPSA) is 103 Å². The van der Waals surface area contributed by atoms with Crippen molar-refractivity contribution < 1.29 is 18.7 Å². The van der Waals surface area contributed by atoms with Gasteiger partial charge in [-0.2, -0.15) is 0 Å². The van der Waals surface area contributed by atoms with Crippen molar-refractivity contribution in [1.29, 1.82) is 0 Å². The highest BCUT2D eigenvalue weighted by molar-refractivity contribution is 5.79. The third-order valence-electron chi connectivity index (χ3n) is 5.51. The number of primary amides is 1. The summed E-state index contributed by atoms with van der Waals surface area (Å²) in [6.45, 7) is 9.90. The molecular formula is C23H32FN5O3. The van der Waals surface area contributed by atoms with Crippen molar-refractivity contribution in [2.45, 2.75) is 39.7 Å². The quantitative estimate of drug-likeness (QED) is 0.519. The number of ether oxygens (including phenoxy) is 2. The molecule has 0 unspecified atom stereocenters. The zero-order valence-corrected chi connectivity index (χ0v) is 19.4. The molecule has 1 aliphatic heterocycles. The van der Waals surface area contributed by atoms with Crippen molar-refractivity contribution in [2.75, 3.05) is 33.3 Å². The number of carbonyl (C=O) groups is 1. The molecule has 2 aromatic heterocycles. The lowest BCUT2D eigenvalue weighted by molar-refractivity contribution is -0.122. The Morgan fingerprint density at radius 1 is 1.34 bits per heavy atom. The molecule has 0 radical (unpaired) electrons. The molecule has 3 heterocycles. The van der Waals surface area contributed by atoms with E-state index in [0.29, 0.717) is 61.0 Å². The molecule has 8 nitrogen and oxygen atoms in total. The van der Waals surface area contributed by atoms with Gasteiger partial charge >= 0.3 is 0 Å². The number of carbonyl (C=O) groups excluding carboxylic acids is 1. The highest BCUT2D eigenvalue weighted by atomic mass is 19.1. The molecule has 1 fully saturated rings. The number of hydrogen-bond acceptors (Lipinski definition) is 7. The second kappa shape index (κ2) is 9.77. The largest absolute Gasteiger partial charge is 0.481 e. The Labute approximate surface area is 188 Å². The predicted octanol–water partition coefficient (Wildman–Crippen LogP) is 2.59. The molecule has 174 valence electrons. The van der Waals surface area contributed by atoms with Crippen LogP contribution in [-0.2, 0) is 16.0 Å². The number of rotatable bonds is 7. The normalized spacial score (nSPS) is 20.0. The van der Waals surface area contributed by atoms with Crippen molar-refractivity contribution in [1.82, 2.24) is 14.9 Å². The molecule has 2 aromatic rings. The number of hydrogen-bond donors (Lipinski definition) is 1. The first kappa shape index (κ1) is 23.8. The summed E-state index contributed by atoms with van der Waals surface area (Å²) in [5.41, 5.74) is 6.92. The molecule has 2 atom stereocenters. The third-order valence-corrected chi connectivity index (χ3v) is 5.51. The van der Waals surface area contributed by atoms with Gasteiger partial charge in [-0.25, -0.2) is 9.37 Å². The van der Waals surface area contributed by atoms with Crippen LogP contribution in [0.1, 0.15) is 33.3 Å². The number of aromatic nitrogens is 2. The molecule has 0 spiro atoms. The number of halogens is 1. The van der Waals surface area contributed by atoms with Crippen LogP contribution in [0.25, 0.3) is 11.0 Å². The van der Waals surface area contributed by atoms with Gasteiger partial charge in [-0.05, 0) is 33.3 Å². The lowest BCUT2D eigenvalue weighted by atomic mass is 9.96. The number of nitrogens with zero attached hydrogens (tertiary/aromatic N) is 4. The maximum atomic E-state index is 14.6. The van der Waals surface area contributed by atoms with Crippen molar-refractivity contribution in [3.8, 4) is 5.88 Å². The average molecular weight is 446 g/mol. The van der Waals surface area contributed by atoms with Crippen LogP contribution in [0.5, 0.6) is 5.88 Å². The molecule has 0 aromatic carbocycles. The fourth-order valence-electron chi connectivity index (χ4n) is 4.07. The van der Waals surface area contributed by atoms with Gasteiger partial charge in [-0.1, -0.05) is 0 Å². The van der Waals surface area contributed by atoms with E-state index >= 15 is 0 Å². The van der Waals surface area contributed by atoms with Crippen molar-refractivity contribution in [2.24, 2.45) is 22.6 Å². The van der Waals surface area contributed by atoms with E-state index < -0.39 is 5.82 Å². The zero-order valence-electron chi connectivity index (χ0n) is 19.4. The summed E-state index contributed by atoms with van der Waals surface area (Å²) in [4.78, 5) is 27.2. The molecule has 1 saturated heterocycles. The second-order valence-electron chi connectivity index (χ2n) is 9.16. The van der Waals surface area contributed by atoms with E-state index in [9.17, 15) is 9.18 Å². The Hall–Kier alpha value is -2.81. The van der Waals surface area contributed by atoms with Gasteiger partial charge in [0.2, 0.25) is 11.8 Å². The van der Waals surface area contributed by atoms with Crippen LogP contribution in [0.3, 0.4) is 0 Å². The summed E-state index contributed by atoms with van der Waals surface area (Å²) in [5, 5.41) is 0. The standard InChI is InChI=1S/C23H32FN5O3/c1-14(32-23(2,3)4)26-10-15-12-29(13-17(15)22(25)30)9-8-16-18(24)11-27-19-6-7-20(31-5)28-21(16)19/h6-7,11,15,17H,8-10,12-13H2,1-5H3,(H2,25,30)/t15-,17+/m0/s1. The summed E-state index contributed by atoms with van der Waals surface area (Å²) in [6, 6.07) is 3.46. The van der Waals surface area contributed by atoms with Crippen LogP contribution < -0.4 is 10.5 Å². The van der Waals surface area contributed by atoms with Gasteiger partial charge in [0.05, 0.1) is 30.3 Å². The number of aliphatic imine (C=N–C) groups is 1. The lowest BCUT2D eigenvalue weighted by Gasteiger charge is -2.21. The van der Waals surface area contributed by atoms with E-state index in [0.717, 1.165) is 0 Å². The van der Waals surface area contributed by atoms with Crippen molar-refractivity contribution in [3.63, 3.8) is 0 Å². The lowest BCUT2D eigenvalue weighted by Crippen LogP contribution is -2.31. The van der Waals surface area contributed by atoms with Gasteiger partial charge in [-0.3, -0.25) is 14.8 Å². The van der Waals surface area contributed by atoms with E-state index in [-0.39, 0.29) is 23.3 Å². The molecule has 0 aliphatic carbocycles. The molecule has 2 N–H and O–H groups in total. The summed E-state index contributed by atoms with van der Waals surface area (Å²) in [5.74, 6) is -0.0628. The highest BCUT2D eigenvalue weighted by Gasteiger charge is 2.36. The monoisotopic (exact) mass is 445 g/mol. The molecule has 9 heteroatoms. The van der Waals surface area contributed by atoms with Crippen LogP contribution in [0, 0.1) is 17.7 Å². The van der Waals surface area contributed by atoms with E-state index in [2.05, 4.69) is 19.9 Å². The van der Waals surface area contributed by atoms with E-state index in [1.807, 2.05) is 27.7 Å². The first-order valence-electron chi connectivity index (χ1n) is 10.8. The Bertz CT molecular complexity index is 1010. The summed E-state index contributed by atoms with van der Waals surface area (Å²) >= 11 is 0. The molecule has 1 amide bonds. The predicted molar refractivity (Wildman–Crippen MR) is 121 cm³/mol. The Balaban J connectivity index is 1.70. The smallest absolute Gasteiger partial charge is 0.222 e. The van der Waals surface area contributed by atoms with E-state index in [4.69, 9.17) is 15.2 Å². The minimum Gasteiger partial charge on any atom is -0.481 e. The number of nitrogens with two attached hydrogens (primary N) is 1. The average Bonchev–Trinajstić information content (AvgIpc) is 3.13. The first-order valence-corrected chi connectivity index (χ1v) is 10.8. The fourth-order valence-corrected chi connectivity index (χ4v) is 4.07. The minimum atomic E-state index is -0.403. The summed E-state index contributed by atoms with van der Waals surface area (Å²) in [6.07, 6.45) is 1.65. The maximum Gasteiger partial charge on any atom is 0.222 e. The molecule has 32 heavy (non-hydrogen) atoms. The maximum absolute atomic E-state index is 14.6. The van der Waals surface area contributed by atoms with Crippen LogP contribution >= 0.6 is 0 Å². The van der Waals surface area contributed by atoms with Crippen molar-refractivity contribution >= 4 is 22.8 Å². The minimum absolute atomic E-state index is 0.0109. The molecule has 3 rings (SSSR count). The SMILES string of the molecule is COc1ccc2ncc(F)c(CCN3C[C@H](CN=C(C)OC(C)(C)C)[C@H](C(N)=O)C3)c2n1. The molecule has 0 saturated carbocycles. The van der Waals surface area contributed by atoms with Crippen LogP contribution in [-0.4, -0.2) is 65.6 Å². The zero-order chi connectivity index (χ0) is 23.5. The summed E-state index contributed by atoms with van der Waals surface area (Å²) < 4.78 is 25.5. The van der Waals surface area contributed by atoms with Crippen LogP contribution in [0.15, 0.2) is 23.3 Å². The second-order valence-corrected chi connectivity index (χ2v) is 9.16. The molecule has 1 aliphatic rings. The van der Waals surface area contributed by atoms with Crippen LogP contribution in [0.4, 0.5) is 4.39 Å². The number of likely N-dealkylation sites (tertiary alicyclic amines) is 1. The van der Waals surface area contributed by atoms with Gasteiger partial charge in [0.15, 0.2) is 5.90 Å². The Morgan fingerprint density at radius 2 is 2.09 bits per heavy atom. The van der Waals surface area contributed by atoms with Gasteiger partial charge < -0.3 is 20.1 Å². The molecular weight excluding hydrogens is 413 g/mol. The Morgan fingerprint density at radius 3 is 2.75 bits per heavy atom. The van der Waals surface area contributed by atoms with Crippen molar-refractivity contribution in [3.05, 3.63) is 29.7 Å². The number of amides is 1. The first-order chi connectivity index (χ1) is 15.1. The number of fused-ring (bicyclic) bond motifs is 1. The fraction of sp³-hybridized carbons (Fsp3) is 0.565. The number of methoxy groups -OCH3 is 1.